The monoisotopic (exact) mass is 613 g/mol. The molecule has 0 saturated heterocycles. The Balaban J connectivity index is 1.75. The van der Waals surface area contributed by atoms with Gasteiger partial charge < -0.3 is 14.2 Å². The number of benzene rings is 3. The number of nitrogens with zero attached hydrogens (tertiary/aromatic N) is 1. The summed E-state index contributed by atoms with van der Waals surface area (Å²) in [4.78, 5) is 35.1. The van der Waals surface area contributed by atoms with Crippen LogP contribution in [0, 0.1) is 24.6 Å². The topological polar surface area (TPSA) is 132 Å². The highest BCUT2D eigenvalue weighted by Crippen LogP contribution is 2.37. The smallest absolute Gasteiger partial charge is 0.320 e. The molecule has 0 atom stereocenters. The molecule has 43 heavy (non-hydrogen) atoms. The van der Waals surface area contributed by atoms with E-state index < -0.39 is 19.4 Å². The molecule has 0 amide bonds. The number of halogens is 1. The third kappa shape index (κ3) is 10.4. The summed E-state index contributed by atoms with van der Waals surface area (Å²) in [6.07, 6.45) is 0.680. The summed E-state index contributed by atoms with van der Waals surface area (Å²) in [5, 5.41) is 8.45. The van der Waals surface area contributed by atoms with Gasteiger partial charge in [0.25, 0.3) is 0 Å². The van der Waals surface area contributed by atoms with Gasteiger partial charge in [-0.15, -0.1) is 4.91 Å². The predicted octanol–water partition coefficient (Wildman–Crippen LogP) is 5.86. The summed E-state index contributed by atoms with van der Waals surface area (Å²) in [6, 6.07) is 15.3. The van der Waals surface area contributed by atoms with Gasteiger partial charge in [0.05, 0.1) is 13.2 Å². The van der Waals surface area contributed by atoms with Crippen LogP contribution < -0.4 is 14.9 Å². The summed E-state index contributed by atoms with van der Waals surface area (Å²) in [7, 11) is -3.56. The van der Waals surface area contributed by atoms with Gasteiger partial charge in [-0.25, -0.2) is 14.6 Å². The van der Waals surface area contributed by atoms with E-state index in [4.69, 9.17) is 14.2 Å². The molecule has 0 aromatic heterocycles. The minimum absolute atomic E-state index is 0.177. The first-order valence-electron chi connectivity index (χ1n) is 13.9. The van der Waals surface area contributed by atoms with Crippen LogP contribution in [0.15, 0.2) is 59.8 Å². The Morgan fingerprint density at radius 2 is 1.40 bits per heavy atom. The second kappa shape index (κ2) is 16.1. The highest BCUT2D eigenvalue weighted by atomic mass is 31.2. The molecule has 0 spiro atoms. The van der Waals surface area contributed by atoms with Crippen molar-refractivity contribution < 1.29 is 32.8 Å². The molecule has 0 fully saturated rings. The zero-order valence-electron chi connectivity index (χ0n) is 24.8. The first-order chi connectivity index (χ1) is 20.6. The number of hydrogen-bond donors (Lipinski definition) is 2. The number of rotatable bonds is 16. The number of nitrogens with one attached hydrogen (secondary N) is 2. The molecule has 3 aromatic carbocycles. The van der Waals surface area contributed by atoms with Crippen molar-refractivity contribution in [1.82, 2.24) is 10.2 Å². The van der Waals surface area contributed by atoms with Gasteiger partial charge in [-0.3, -0.25) is 14.2 Å². The van der Waals surface area contributed by atoms with Gasteiger partial charge in [0.2, 0.25) is 7.44 Å². The van der Waals surface area contributed by atoms with Gasteiger partial charge in [-0.2, -0.15) is 0 Å². The number of ether oxygens (including phenoxy) is 3. The summed E-state index contributed by atoms with van der Waals surface area (Å²) < 4.78 is 42.5. The fourth-order valence-electron chi connectivity index (χ4n) is 4.44. The number of nitroso groups, excluding NO2 is 1. The predicted molar refractivity (Wildman–Crippen MR) is 162 cm³/mol. The molecule has 0 heterocycles. The Labute approximate surface area is 250 Å². The lowest BCUT2D eigenvalue weighted by atomic mass is 9.93. The Bertz CT molecular complexity index is 1430. The quantitative estimate of drug-likeness (QED) is 0.116. The summed E-state index contributed by atoms with van der Waals surface area (Å²) in [6.45, 7) is 6.90. The van der Waals surface area contributed by atoms with Crippen molar-refractivity contribution in [3.8, 4) is 5.75 Å². The maximum absolute atomic E-state index is 13.5. The Hall–Kier alpha value is -3.92. The van der Waals surface area contributed by atoms with Crippen LogP contribution in [-0.2, 0) is 36.5 Å². The van der Waals surface area contributed by atoms with Crippen LogP contribution >= 0.6 is 7.44 Å². The molecular formula is C31H37FN3O7P. The average Bonchev–Trinajstić information content (AvgIpc) is 2.98. The number of esters is 2. The normalized spacial score (nSPS) is 11.2. The van der Waals surface area contributed by atoms with E-state index in [0.717, 1.165) is 33.4 Å². The van der Waals surface area contributed by atoms with Crippen LogP contribution in [0.1, 0.15) is 47.2 Å². The highest BCUT2D eigenvalue weighted by molar-refractivity contribution is 7.59. The van der Waals surface area contributed by atoms with Crippen molar-refractivity contribution >= 4 is 25.1 Å². The van der Waals surface area contributed by atoms with Crippen LogP contribution in [0.5, 0.6) is 5.75 Å². The lowest BCUT2D eigenvalue weighted by Crippen LogP contribution is -2.34. The third-order valence-electron chi connectivity index (χ3n) is 6.58. The standard InChI is InChI=1S/C31H37FN3O7P/c1-5-40-30(36)18-33-43(39,34-19-31(37)41-6-2)20-42-27-13-21(3)28(22(4)14-27)17-24-9-12-29(35-38)25(16-24)15-23-7-10-26(32)11-8-23/h7-14,16H,5-6,15,17-20H2,1-4H3,(H2,33,34,39). The van der Waals surface area contributed by atoms with E-state index in [1.165, 1.54) is 12.1 Å². The second-order valence-corrected chi connectivity index (χ2v) is 12.2. The van der Waals surface area contributed by atoms with Crippen molar-refractivity contribution in [3.05, 3.63) is 98.7 Å². The SMILES string of the molecule is CCOC(=O)CNP(=O)(COc1cc(C)c(Cc2ccc(N=O)c(Cc3ccc(F)cc3)c2)c(C)c1)NCC(=O)OCC. The van der Waals surface area contributed by atoms with Crippen molar-refractivity contribution in [2.45, 2.75) is 40.5 Å². The number of aryl methyl sites for hydroxylation is 2. The third-order valence-corrected chi connectivity index (χ3v) is 8.41. The van der Waals surface area contributed by atoms with E-state index in [-0.39, 0.29) is 38.5 Å². The Morgan fingerprint density at radius 3 is 1.93 bits per heavy atom. The summed E-state index contributed by atoms with van der Waals surface area (Å²) in [5.74, 6) is -1.04. The van der Waals surface area contributed by atoms with Crippen molar-refractivity contribution in [1.29, 1.82) is 0 Å². The van der Waals surface area contributed by atoms with E-state index >= 15 is 0 Å². The molecule has 0 aliphatic rings. The molecule has 3 aromatic rings. The van der Waals surface area contributed by atoms with Crippen LogP contribution in [0.4, 0.5) is 10.1 Å². The molecular weight excluding hydrogens is 576 g/mol. The minimum Gasteiger partial charge on any atom is -0.483 e. The molecule has 0 saturated carbocycles. The van der Waals surface area contributed by atoms with E-state index in [2.05, 4.69) is 15.4 Å². The molecule has 12 heteroatoms. The molecule has 0 bridgehead atoms. The molecule has 3 rings (SSSR count). The molecule has 10 nitrogen and oxygen atoms in total. The average molecular weight is 614 g/mol. The molecule has 0 radical (unpaired) electrons. The molecule has 2 N–H and O–H groups in total. The first-order valence-corrected chi connectivity index (χ1v) is 15.8. The van der Waals surface area contributed by atoms with Gasteiger partial charge in [0, 0.05) is 0 Å². The molecule has 0 aliphatic carbocycles. The van der Waals surface area contributed by atoms with E-state index in [0.29, 0.717) is 24.3 Å². The van der Waals surface area contributed by atoms with E-state index in [1.807, 2.05) is 38.1 Å². The lowest BCUT2D eigenvalue weighted by Gasteiger charge is -2.21. The Kier molecular flexibility index (Phi) is 12.5. The fourth-order valence-corrected chi connectivity index (χ4v) is 5.84. The van der Waals surface area contributed by atoms with Crippen LogP contribution in [0.25, 0.3) is 0 Å². The largest absolute Gasteiger partial charge is 0.483 e. The maximum atomic E-state index is 13.5. The van der Waals surface area contributed by atoms with Crippen molar-refractivity contribution in [2.75, 3.05) is 32.7 Å². The van der Waals surface area contributed by atoms with Crippen LogP contribution in [-0.4, -0.2) is 44.6 Å². The second-order valence-electron chi connectivity index (χ2n) is 9.86. The molecule has 0 aliphatic heterocycles. The van der Waals surface area contributed by atoms with Gasteiger partial charge in [0.1, 0.15) is 30.3 Å². The summed E-state index contributed by atoms with van der Waals surface area (Å²) in [5.41, 5.74) is 5.83. The number of carbonyl (C=O) groups is 2. The summed E-state index contributed by atoms with van der Waals surface area (Å²) >= 11 is 0. The zero-order chi connectivity index (χ0) is 31.4. The Morgan fingerprint density at radius 1 is 0.837 bits per heavy atom. The van der Waals surface area contributed by atoms with Gasteiger partial charge in [0.15, 0.2) is 6.35 Å². The maximum Gasteiger partial charge on any atom is 0.320 e. The lowest BCUT2D eigenvalue weighted by molar-refractivity contribution is -0.142. The van der Waals surface area contributed by atoms with Gasteiger partial charge in [-0.05, 0) is 109 Å². The fraction of sp³-hybridized carbons (Fsp3) is 0.355. The number of hydrogen-bond acceptors (Lipinski definition) is 8. The van der Waals surface area contributed by atoms with Gasteiger partial charge in [-0.1, -0.05) is 24.3 Å². The van der Waals surface area contributed by atoms with Crippen LogP contribution in [0.2, 0.25) is 0 Å². The number of carbonyl (C=O) groups excluding carboxylic acids is 2. The van der Waals surface area contributed by atoms with Crippen molar-refractivity contribution in [2.24, 2.45) is 5.18 Å². The first kappa shape index (κ1) is 33.6. The van der Waals surface area contributed by atoms with Crippen molar-refractivity contribution in [3.63, 3.8) is 0 Å². The van der Waals surface area contributed by atoms with Gasteiger partial charge >= 0.3 is 11.9 Å². The molecule has 0 unspecified atom stereocenters. The minimum atomic E-state index is -3.56. The zero-order valence-corrected chi connectivity index (χ0v) is 25.7. The highest BCUT2D eigenvalue weighted by Gasteiger charge is 2.25. The van der Waals surface area contributed by atoms with Crippen LogP contribution in [0.3, 0.4) is 0 Å². The van der Waals surface area contributed by atoms with E-state index in [9.17, 15) is 23.5 Å². The van der Waals surface area contributed by atoms with E-state index in [1.54, 1.807) is 32.0 Å². The molecule has 230 valence electrons.